The summed E-state index contributed by atoms with van der Waals surface area (Å²) < 4.78 is 1.59. The molecule has 2 heterocycles. The highest BCUT2D eigenvalue weighted by Crippen LogP contribution is 2.28. The third-order valence-corrected chi connectivity index (χ3v) is 3.44. The SMILES string of the molecule is CCC(C(=O)C(C)O)c1cn(-c2cccnc2)nc1Cl. The summed E-state index contributed by atoms with van der Waals surface area (Å²) in [6.07, 6.45) is 4.58. The summed E-state index contributed by atoms with van der Waals surface area (Å²) in [7, 11) is 0. The summed E-state index contributed by atoms with van der Waals surface area (Å²) in [4.78, 5) is 16.0. The van der Waals surface area contributed by atoms with Gasteiger partial charge in [0.25, 0.3) is 0 Å². The number of aliphatic hydroxyl groups is 1. The first-order valence-corrected chi connectivity index (χ1v) is 6.79. The molecule has 0 aliphatic carbocycles. The lowest BCUT2D eigenvalue weighted by Gasteiger charge is -2.14. The van der Waals surface area contributed by atoms with Gasteiger partial charge in [-0.15, -0.1) is 0 Å². The van der Waals surface area contributed by atoms with Crippen LogP contribution in [-0.2, 0) is 4.79 Å². The van der Waals surface area contributed by atoms with Crippen molar-refractivity contribution in [3.63, 3.8) is 0 Å². The molecule has 2 aromatic rings. The van der Waals surface area contributed by atoms with Gasteiger partial charge in [-0.25, -0.2) is 4.68 Å². The second kappa shape index (κ2) is 6.15. The number of ketones is 1. The maximum atomic E-state index is 12.0. The van der Waals surface area contributed by atoms with Gasteiger partial charge in [-0.2, -0.15) is 5.10 Å². The maximum absolute atomic E-state index is 12.0. The fourth-order valence-corrected chi connectivity index (χ4v) is 2.35. The summed E-state index contributed by atoms with van der Waals surface area (Å²) in [6, 6.07) is 3.64. The van der Waals surface area contributed by atoms with Crippen molar-refractivity contribution in [3.8, 4) is 5.69 Å². The molecule has 0 aromatic carbocycles. The first-order chi connectivity index (χ1) is 9.54. The van der Waals surface area contributed by atoms with Gasteiger partial charge in [0, 0.05) is 23.9 Å². The summed E-state index contributed by atoms with van der Waals surface area (Å²) in [6.45, 7) is 3.34. The molecular weight excluding hydrogens is 278 g/mol. The molecule has 5 nitrogen and oxygen atoms in total. The van der Waals surface area contributed by atoms with Crippen LogP contribution >= 0.6 is 11.6 Å². The molecule has 1 N–H and O–H groups in total. The Hall–Kier alpha value is -1.72. The standard InChI is InChI=1S/C14H16ClN3O2/c1-3-11(13(20)9(2)19)12-8-18(17-14(12)15)10-5-4-6-16-7-10/h4-9,11,19H,3H2,1-2H3. The van der Waals surface area contributed by atoms with E-state index in [0.717, 1.165) is 5.69 Å². The van der Waals surface area contributed by atoms with Crippen LogP contribution in [-0.4, -0.2) is 31.8 Å². The number of nitrogens with zero attached hydrogens (tertiary/aromatic N) is 3. The Morgan fingerprint density at radius 2 is 2.30 bits per heavy atom. The lowest BCUT2D eigenvalue weighted by Crippen LogP contribution is -2.23. The Kier molecular flexibility index (Phi) is 4.52. The molecule has 6 heteroatoms. The minimum Gasteiger partial charge on any atom is -0.386 e. The zero-order chi connectivity index (χ0) is 14.7. The number of carbonyl (C=O) groups is 1. The normalized spacial score (nSPS) is 14.0. The second-order valence-electron chi connectivity index (χ2n) is 4.57. The van der Waals surface area contributed by atoms with Crippen molar-refractivity contribution in [1.29, 1.82) is 0 Å². The van der Waals surface area contributed by atoms with E-state index in [-0.39, 0.29) is 10.9 Å². The average Bonchev–Trinajstić information content (AvgIpc) is 2.83. The van der Waals surface area contributed by atoms with Crippen molar-refractivity contribution < 1.29 is 9.90 Å². The molecule has 0 saturated heterocycles. The number of hydrogen-bond acceptors (Lipinski definition) is 4. The van der Waals surface area contributed by atoms with Gasteiger partial charge in [-0.1, -0.05) is 18.5 Å². The Balaban J connectivity index is 2.38. The van der Waals surface area contributed by atoms with Crippen LogP contribution in [0.1, 0.15) is 31.7 Å². The van der Waals surface area contributed by atoms with Gasteiger partial charge in [0.1, 0.15) is 6.10 Å². The van der Waals surface area contributed by atoms with E-state index in [9.17, 15) is 9.90 Å². The van der Waals surface area contributed by atoms with E-state index in [1.807, 2.05) is 13.0 Å². The minimum absolute atomic E-state index is 0.250. The highest BCUT2D eigenvalue weighted by atomic mass is 35.5. The molecule has 0 amide bonds. The van der Waals surface area contributed by atoms with Gasteiger partial charge in [0.05, 0.1) is 11.9 Å². The van der Waals surface area contributed by atoms with Crippen LogP contribution < -0.4 is 0 Å². The molecule has 2 aromatic heterocycles. The number of hydrogen-bond donors (Lipinski definition) is 1. The third kappa shape index (κ3) is 2.89. The molecule has 0 aliphatic rings. The lowest BCUT2D eigenvalue weighted by molar-refractivity contribution is -0.127. The van der Waals surface area contributed by atoms with Crippen LogP contribution in [0.5, 0.6) is 0 Å². The average molecular weight is 294 g/mol. The van der Waals surface area contributed by atoms with Crippen molar-refractivity contribution in [2.24, 2.45) is 0 Å². The van der Waals surface area contributed by atoms with Crippen LogP contribution in [0.3, 0.4) is 0 Å². The van der Waals surface area contributed by atoms with Crippen molar-refractivity contribution in [3.05, 3.63) is 41.4 Å². The number of Topliss-reactive ketones (excluding diaryl/α,β-unsaturated/α-hetero) is 1. The van der Waals surface area contributed by atoms with Gasteiger partial charge in [0.2, 0.25) is 0 Å². The minimum atomic E-state index is -1.02. The molecule has 2 atom stereocenters. The summed E-state index contributed by atoms with van der Waals surface area (Å²) in [5.74, 6) is -0.701. The van der Waals surface area contributed by atoms with E-state index in [1.165, 1.54) is 6.92 Å². The van der Waals surface area contributed by atoms with Crippen molar-refractivity contribution in [2.75, 3.05) is 0 Å². The maximum Gasteiger partial charge on any atom is 0.168 e. The van der Waals surface area contributed by atoms with Gasteiger partial charge < -0.3 is 5.11 Å². The van der Waals surface area contributed by atoms with E-state index >= 15 is 0 Å². The van der Waals surface area contributed by atoms with E-state index in [0.29, 0.717) is 12.0 Å². The Bertz CT molecular complexity index is 596. The zero-order valence-electron chi connectivity index (χ0n) is 11.3. The number of halogens is 1. The van der Waals surface area contributed by atoms with E-state index < -0.39 is 12.0 Å². The molecule has 0 radical (unpaired) electrons. The van der Waals surface area contributed by atoms with Crippen LogP contribution in [0.25, 0.3) is 5.69 Å². The van der Waals surface area contributed by atoms with Crippen LogP contribution in [0.4, 0.5) is 0 Å². The second-order valence-corrected chi connectivity index (χ2v) is 4.93. The third-order valence-electron chi connectivity index (χ3n) is 3.14. The molecule has 0 fully saturated rings. The monoisotopic (exact) mass is 293 g/mol. The number of rotatable bonds is 5. The van der Waals surface area contributed by atoms with Crippen molar-refractivity contribution >= 4 is 17.4 Å². The highest BCUT2D eigenvalue weighted by Gasteiger charge is 2.26. The molecule has 106 valence electrons. The Morgan fingerprint density at radius 1 is 1.55 bits per heavy atom. The lowest BCUT2D eigenvalue weighted by atomic mass is 9.92. The number of aromatic nitrogens is 3. The largest absolute Gasteiger partial charge is 0.386 e. The molecule has 2 unspecified atom stereocenters. The van der Waals surface area contributed by atoms with E-state index in [4.69, 9.17) is 11.6 Å². The molecule has 2 rings (SSSR count). The van der Waals surface area contributed by atoms with Gasteiger partial charge >= 0.3 is 0 Å². The van der Waals surface area contributed by atoms with Gasteiger partial charge in [-0.05, 0) is 25.5 Å². The van der Waals surface area contributed by atoms with Gasteiger partial charge in [0.15, 0.2) is 10.9 Å². The van der Waals surface area contributed by atoms with Crippen LogP contribution in [0.2, 0.25) is 5.15 Å². The summed E-state index contributed by atoms with van der Waals surface area (Å²) in [5, 5.41) is 13.9. The fraction of sp³-hybridized carbons (Fsp3) is 0.357. The molecule has 20 heavy (non-hydrogen) atoms. The predicted octanol–water partition coefficient (Wildman–Crippen LogP) is 2.36. The molecule has 0 spiro atoms. The molecule has 0 saturated carbocycles. The molecule has 0 bridgehead atoms. The first kappa shape index (κ1) is 14.7. The molecular formula is C14H16ClN3O2. The molecule has 0 aliphatic heterocycles. The van der Waals surface area contributed by atoms with Gasteiger partial charge in [-0.3, -0.25) is 9.78 Å². The Morgan fingerprint density at radius 3 is 2.85 bits per heavy atom. The number of aliphatic hydroxyl groups excluding tert-OH is 1. The quantitative estimate of drug-likeness (QED) is 0.919. The summed E-state index contributed by atoms with van der Waals surface area (Å²) >= 11 is 6.13. The predicted molar refractivity (Wildman–Crippen MR) is 76.1 cm³/mol. The van der Waals surface area contributed by atoms with E-state index in [2.05, 4.69) is 10.1 Å². The highest BCUT2D eigenvalue weighted by molar-refractivity contribution is 6.30. The summed E-state index contributed by atoms with van der Waals surface area (Å²) in [5.41, 5.74) is 1.39. The van der Waals surface area contributed by atoms with Crippen molar-refractivity contribution in [1.82, 2.24) is 14.8 Å². The number of carbonyl (C=O) groups excluding carboxylic acids is 1. The zero-order valence-corrected chi connectivity index (χ0v) is 12.1. The Labute approximate surface area is 122 Å². The van der Waals surface area contributed by atoms with Crippen molar-refractivity contribution in [2.45, 2.75) is 32.3 Å². The first-order valence-electron chi connectivity index (χ1n) is 6.41. The van der Waals surface area contributed by atoms with Crippen LogP contribution in [0, 0.1) is 0 Å². The topological polar surface area (TPSA) is 68.0 Å². The van der Waals surface area contributed by atoms with E-state index in [1.54, 1.807) is 29.3 Å². The number of pyridine rings is 1. The van der Waals surface area contributed by atoms with Crippen LogP contribution in [0.15, 0.2) is 30.7 Å². The smallest absolute Gasteiger partial charge is 0.168 e. The fourth-order valence-electron chi connectivity index (χ4n) is 2.09.